The van der Waals surface area contributed by atoms with Gasteiger partial charge in [0.2, 0.25) is 0 Å². The van der Waals surface area contributed by atoms with E-state index in [-0.39, 0.29) is 11.6 Å². The largest absolute Gasteiger partial charge is 0.288 e. The third kappa shape index (κ3) is 2.61. The highest BCUT2D eigenvalue weighted by Gasteiger charge is 2.16. The van der Waals surface area contributed by atoms with Crippen LogP contribution >= 0.6 is 11.3 Å². The molecule has 1 aliphatic rings. The molecule has 0 saturated carbocycles. The Kier molecular flexibility index (Phi) is 3.47. The van der Waals surface area contributed by atoms with E-state index in [1.54, 1.807) is 6.07 Å². The Hall–Kier alpha value is -1.48. The molecule has 1 aliphatic carbocycles. The van der Waals surface area contributed by atoms with Crippen molar-refractivity contribution in [3.63, 3.8) is 0 Å². The Labute approximate surface area is 115 Å². The van der Waals surface area contributed by atoms with Crippen molar-refractivity contribution in [1.82, 2.24) is 0 Å². The van der Waals surface area contributed by atoms with Crippen molar-refractivity contribution in [2.45, 2.75) is 32.1 Å². The zero-order valence-electron chi connectivity index (χ0n) is 10.6. The van der Waals surface area contributed by atoms with Crippen LogP contribution < -0.4 is 0 Å². The summed E-state index contributed by atoms with van der Waals surface area (Å²) in [4.78, 5) is 13.2. The van der Waals surface area contributed by atoms with Gasteiger partial charge in [0.25, 0.3) is 0 Å². The molecule has 98 valence electrons. The van der Waals surface area contributed by atoms with Crippen LogP contribution in [0.15, 0.2) is 35.9 Å². The first-order valence-corrected chi connectivity index (χ1v) is 7.48. The van der Waals surface area contributed by atoms with Crippen LogP contribution in [-0.4, -0.2) is 5.78 Å². The Morgan fingerprint density at radius 1 is 1.16 bits per heavy atom. The summed E-state index contributed by atoms with van der Waals surface area (Å²) in [6.45, 7) is 0. The average Bonchev–Trinajstić information content (AvgIpc) is 2.64. The molecule has 0 aliphatic heterocycles. The van der Waals surface area contributed by atoms with Crippen LogP contribution in [0.25, 0.3) is 10.1 Å². The fraction of sp³-hybridized carbons (Fsp3) is 0.312. The van der Waals surface area contributed by atoms with E-state index in [1.165, 1.54) is 36.3 Å². The maximum Gasteiger partial charge on any atom is 0.198 e. The van der Waals surface area contributed by atoms with Crippen molar-refractivity contribution >= 4 is 27.2 Å². The number of carbonyl (C=O) groups is 1. The molecule has 0 N–H and O–H groups in total. The summed E-state index contributed by atoms with van der Waals surface area (Å²) in [5.41, 5.74) is 0.935. The van der Waals surface area contributed by atoms with Gasteiger partial charge in [0, 0.05) is 4.70 Å². The topological polar surface area (TPSA) is 17.1 Å². The standard InChI is InChI=1S/C16H15FOS/c17-13-7-8-14-12(9-13)10-15(19-14)16(18)11-5-3-1-2-4-6-11/h5,7-10H,1-4,6H2. The van der Waals surface area contributed by atoms with E-state index < -0.39 is 0 Å². The van der Waals surface area contributed by atoms with Gasteiger partial charge in [-0.25, -0.2) is 4.39 Å². The molecule has 0 radical (unpaired) electrons. The number of Topliss-reactive ketones (excluding diaryl/α,β-unsaturated/α-hetero) is 1. The summed E-state index contributed by atoms with van der Waals surface area (Å²) >= 11 is 1.46. The van der Waals surface area contributed by atoms with E-state index in [4.69, 9.17) is 0 Å². The number of carbonyl (C=O) groups excluding carboxylic acids is 1. The molecule has 3 rings (SSSR count). The average molecular weight is 274 g/mol. The monoisotopic (exact) mass is 274 g/mol. The summed E-state index contributed by atoms with van der Waals surface area (Å²) in [6, 6.07) is 6.49. The van der Waals surface area contributed by atoms with Crippen molar-refractivity contribution in [3.05, 3.63) is 46.6 Å². The second-order valence-electron chi connectivity index (χ2n) is 4.95. The number of allylic oxidation sites excluding steroid dienone is 2. The first-order valence-electron chi connectivity index (χ1n) is 6.67. The van der Waals surface area contributed by atoms with Gasteiger partial charge in [0.1, 0.15) is 5.82 Å². The maximum atomic E-state index is 13.2. The molecule has 0 atom stereocenters. The third-order valence-electron chi connectivity index (χ3n) is 3.53. The number of hydrogen-bond donors (Lipinski definition) is 0. The van der Waals surface area contributed by atoms with Gasteiger partial charge in [0.05, 0.1) is 4.88 Å². The van der Waals surface area contributed by atoms with Gasteiger partial charge in [-0.2, -0.15) is 0 Å². The molecule has 19 heavy (non-hydrogen) atoms. The lowest BCUT2D eigenvalue weighted by atomic mass is 10.0. The summed E-state index contributed by atoms with van der Waals surface area (Å²) in [5.74, 6) is -0.124. The second kappa shape index (κ2) is 5.25. The highest BCUT2D eigenvalue weighted by molar-refractivity contribution is 7.21. The lowest BCUT2D eigenvalue weighted by Crippen LogP contribution is -2.00. The second-order valence-corrected chi connectivity index (χ2v) is 6.03. The van der Waals surface area contributed by atoms with Crippen LogP contribution in [0.5, 0.6) is 0 Å². The molecule has 1 heterocycles. The number of rotatable bonds is 2. The predicted octanol–water partition coefficient (Wildman–Crippen LogP) is 5.11. The Balaban J connectivity index is 1.94. The normalized spacial score (nSPS) is 16.2. The van der Waals surface area contributed by atoms with Crippen molar-refractivity contribution in [2.75, 3.05) is 0 Å². The SMILES string of the molecule is O=C(C1=CCCCCC1)c1cc2cc(F)ccc2s1. The van der Waals surface area contributed by atoms with Crippen LogP contribution in [0, 0.1) is 5.82 Å². The summed E-state index contributed by atoms with van der Waals surface area (Å²) in [7, 11) is 0. The van der Waals surface area contributed by atoms with Crippen LogP contribution in [0.2, 0.25) is 0 Å². The zero-order chi connectivity index (χ0) is 13.2. The Morgan fingerprint density at radius 2 is 2.05 bits per heavy atom. The number of hydrogen-bond acceptors (Lipinski definition) is 2. The minimum atomic E-state index is -0.252. The molecule has 1 nitrogen and oxygen atoms in total. The van der Waals surface area contributed by atoms with E-state index in [0.29, 0.717) is 0 Å². The molecule has 1 aromatic heterocycles. The molecule has 1 aromatic carbocycles. The maximum absolute atomic E-state index is 13.2. The molecule has 0 saturated heterocycles. The van der Waals surface area contributed by atoms with E-state index in [1.807, 2.05) is 6.07 Å². The number of thiophene rings is 1. The first-order chi connectivity index (χ1) is 9.24. The molecule has 0 amide bonds. The number of ketones is 1. The van der Waals surface area contributed by atoms with Gasteiger partial charge in [-0.3, -0.25) is 4.79 Å². The van der Waals surface area contributed by atoms with Gasteiger partial charge >= 0.3 is 0 Å². The number of halogens is 1. The van der Waals surface area contributed by atoms with E-state index in [0.717, 1.165) is 39.8 Å². The summed E-state index contributed by atoms with van der Waals surface area (Å²) in [5, 5.41) is 0.822. The molecule has 3 heteroatoms. The lowest BCUT2D eigenvalue weighted by molar-refractivity contribution is 0.103. The highest BCUT2D eigenvalue weighted by Crippen LogP contribution is 2.30. The highest BCUT2D eigenvalue weighted by atomic mass is 32.1. The fourth-order valence-electron chi connectivity index (χ4n) is 2.51. The Morgan fingerprint density at radius 3 is 2.95 bits per heavy atom. The van der Waals surface area contributed by atoms with Crippen LogP contribution in [0.3, 0.4) is 0 Å². The van der Waals surface area contributed by atoms with Gasteiger partial charge < -0.3 is 0 Å². The van der Waals surface area contributed by atoms with Crippen LogP contribution in [0.4, 0.5) is 4.39 Å². The van der Waals surface area contributed by atoms with E-state index in [2.05, 4.69) is 6.08 Å². The molecular weight excluding hydrogens is 259 g/mol. The molecule has 2 aromatic rings. The van der Waals surface area contributed by atoms with Crippen molar-refractivity contribution < 1.29 is 9.18 Å². The Bertz CT molecular complexity index is 654. The summed E-state index contributed by atoms with van der Waals surface area (Å²) in [6.07, 6.45) is 7.43. The minimum absolute atomic E-state index is 0.128. The van der Waals surface area contributed by atoms with Gasteiger partial charge in [-0.05, 0) is 60.9 Å². The third-order valence-corrected chi connectivity index (χ3v) is 4.65. The van der Waals surface area contributed by atoms with Crippen LogP contribution in [-0.2, 0) is 0 Å². The fourth-order valence-corrected chi connectivity index (χ4v) is 3.52. The number of benzene rings is 1. The van der Waals surface area contributed by atoms with E-state index in [9.17, 15) is 9.18 Å². The smallest absolute Gasteiger partial charge is 0.198 e. The number of fused-ring (bicyclic) bond motifs is 1. The zero-order valence-corrected chi connectivity index (χ0v) is 11.4. The summed E-state index contributed by atoms with van der Waals surface area (Å²) < 4.78 is 14.1. The minimum Gasteiger partial charge on any atom is -0.288 e. The quantitative estimate of drug-likeness (QED) is 0.695. The molecule has 0 fully saturated rings. The van der Waals surface area contributed by atoms with Gasteiger partial charge in [0.15, 0.2) is 5.78 Å². The lowest BCUT2D eigenvalue weighted by Gasteiger charge is -2.01. The predicted molar refractivity (Wildman–Crippen MR) is 77.3 cm³/mol. The molecule has 0 spiro atoms. The van der Waals surface area contributed by atoms with Crippen molar-refractivity contribution in [1.29, 1.82) is 0 Å². The molecule has 0 bridgehead atoms. The molecular formula is C16H15FOS. The first kappa shape index (κ1) is 12.5. The van der Waals surface area contributed by atoms with Crippen molar-refractivity contribution in [2.24, 2.45) is 0 Å². The van der Waals surface area contributed by atoms with Crippen LogP contribution in [0.1, 0.15) is 41.8 Å². The van der Waals surface area contributed by atoms with Crippen molar-refractivity contribution in [3.8, 4) is 0 Å². The van der Waals surface area contributed by atoms with Gasteiger partial charge in [-0.15, -0.1) is 11.3 Å². The van der Waals surface area contributed by atoms with E-state index >= 15 is 0 Å². The molecule has 0 unspecified atom stereocenters. The van der Waals surface area contributed by atoms with Gasteiger partial charge in [-0.1, -0.05) is 12.5 Å².